The Labute approximate surface area is 81.0 Å². The van der Waals surface area contributed by atoms with E-state index < -0.39 is 0 Å². The molecule has 2 amide bonds. The lowest BCUT2D eigenvalue weighted by Gasteiger charge is -2.38. The summed E-state index contributed by atoms with van der Waals surface area (Å²) in [7, 11) is 0. The van der Waals surface area contributed by atoms with Gasteiger partial charge in [0.15, 0.2) is 0 Å². The highest BCUT2D eigenvalue weighted by Crippen LogP contribution is 2.26. The number of carbonyl (C=O) groups excluding carboxylic acids is 2. The van der Waals surface area contributed by atoms with E-state index in [1.54, 1.807) is 0 Å². The third-order valence-corrected chi connectivity index (χ3v) is 3.05. The van der Waals surface area contributed by atoms with Crippen LogP contribution in [0.25, 0.3) is 0 Å². The number of nitrogens with one attached hydrogen (secondary N) is 2. The highest BCUT2D eigenvalue weighted by Gasteiger charge is 2.41. The van der Waals surface area contributed by atoms with E-state index in [0.29, 0.717) is 0 Å². The molecular formula is C10H10N2O2. The lowest BCUT2D eigenvalue weighted by Crippen LogP contribution is -2.60. The molecule has 5 heterocycles. The first-order valence-electron chi connectivity index (χ1n) is 4.73. The van der Waals surface area contributed by atoms with E-state index in [0.717, 1.165) is 0 Å². The van der Waals surface area contributed by atoms with Crippen LogP contribution in [0.1, 0.15) is 0 Å². The fourth-order valence-electron chi connectivity index (χ4n) is 2.26. The summed E-state index contributed by atoms with van der Waals surface area (Å²) >= 11 is 0. The molecule has 5 aliphatic heterocycles. The van der Waals surface area contributed by atoms with Gasteiger partial charge in [-0.15, -0.1) is 0 Å². The van der Waals surface area contributed by atoms with E-state index in [2.05, 4.69) is 10.6 Å². The Bertz CT molecular complexity index is 336. The SMILES string of the molecule is O=C1NC2C=CC1C1C=CC2C(=O)N1. The van der Waals surface area contributed by atoms with Crippen molar-refractivity contribution in [3.63, 3.8) is 0 Å². The summed E-state index contributed by atoms with van der Waals surface area (Å²) in [5, 5.41) is 5.68. The molecule has 0 saturated carbocycles. The Morgan fingerprint density at radius 3 is 1.57 bits per heavy atom. The molecule has 6 rings (SSSR count). The molecule has 1 saturated heterocycles. The maximum atomic E-state index is 11.6. The molecule has 0 radical (unpaired) electrons. The van der Waals surface area contributed by atoms with Crippen molar-refractivity contribution in [2.75, 3.05) is 0 Å². The Hall–Kier alpha value is -1.58. The normalized spacial score (nSPS) is 43.1. The molecule has 1 aliphatic carbocycles. The first kappa shape index (κ1) is 7.79. The first-order chi connectivity index (χ1) is 6.75. The summed E-state index contributed by atoms with van der Waals surface area (Å²) in [6, 6.07) is -0.340. The van der Waals surface area contributed by atoms with Gasteiger partial charge in [0.1, 0.15) is 0 Å². The molecule has 6 aliphatic rings. The van der Waals surface area contributed by atoms with Crippen LogP contribution in [0, 0.1) is 11.8 Å². The van der Waals surface area contributed by atoms with Crippen molar-refractivity contribution in [2.45, 2.75) is 12.1 Å². The lowest BCUT2D eigenvalue weighted by molar-refractivity contribution is -0.131. The van der Waals surface area contributed by atoms with E-state index >= 15 is 0 Å². The van der Waals surface area contributed by atoms with E-state index in [4.69, 9.17) is 0 Å². The van der Waals surface area contributed by atoms with E-state index in [1.165, 1.54) is 0 Å². The zero-order chi connectivity index (χ0) is 9.71. The van der Waals surface area contributed by atoms with Gasteiger partial charge in [-0.05, 0) is 0 Å². The Morgan fingerprint density at radius 2 is 1.21 bits per heavy atom. The van der Waals surface area contributed by atoms with E-state index in [9.17, 15) is 9.59 Å². The predicted molar refractivity (Wildman–Crippen MR) is 49.1 cm³/mol. The maximum absolute atomic E-state index is 11.6. The van der Waals surface area contributed by atoms with Gasteiger partial charge in [-0.1, -0.05) is 24.3 Å². The van der Waals surface area contributed by atoms with Crippen molar-refractivity contribution < 1.29 is 9.59 Å². The van der Waals surface area contributed by atoms with Crippen molar-refractivity contribution in [3.8, 4) is 0 Å². The number of hydrogen-bond acceptors (Lipinski definition) is 2. The first-order valence-corrected chi connectivity index (χ1v) is 4.73. The Balaban J connectivity index is 2.12. The minimum Gasteiger partial charge on any atom is -0.348 e. The molecule has 4 atom stereocenters. The second kappa shape index (κ2) is 2.47. The van der Waals surface area contributed by atoms with Gasteiger partial charge in [0.25, 0.3) is 0 Å². The van der Waals surface area contributed by atoms with Crippen molar-refractivity contribution >= 4 is 11.8 Å². The van der Waals surface area contributed by atoms with Crippen molar-refractivity contribution in [1.29, 1.82) is 0 Å². The molecular weight excluding hydrogens is 180 g/mol. The van der Waals surface area contributed by atoms with Gasteiger partial charge in [-0.2, -0.15) is 0 Å². The van der Waals surface area contributed by atoms with Gasteiger partial charge in [0.05, 0.1) is 23.9 Å². The van der Waals surface area contributed by atoms with E-state index in [1.807, 2.05) is 24.3 Å². The zero-order valence-electron chi connectivity index (χ0n) is 7.44. The zero-order valence-corrected chi connectivity index (χ0v) is 7.44. The van der Waals surface area contributed by atoms with Crippen molar-refractivity contribution in [2.24, 2.45) is 11.8 Å². The summed E-state index contributed by atoms with van der Waals surface area (Å²) in [5.74, 6) is -0.464. The topological polar surface area (TPSA) is 58.2 Å². The molecule has 0 aromatic carbocycles. The molecule has 4 unspecified atom stereocenters. The van der Waals surface area contributed by atoms with Crippen LogP contribution in [0.2, 0.25) is 0 Å². The quantitative estimate of drug-likeness (QED) is 0.498. The molecule has 4 heteroatoms. The summed E-state index contributed by atoms with van der Waals surface area (Å²) < 4.78 is 0. The number of amides is 2. The maximum Gasteiger partial charge on any atom is 0.229 e. The van der Waals surface area contributed by atoms with Crippen LogP contribution in [-0.4, -0.2) is 23.9 Å². The average molecular weight is 190 g/mol. The summed E-state index contributed by atoms with van der Waals surface area (Å²) in [4.78, 5) is 23.2. The average Bonchev–Trinajstić information content (AvgIpc) is 2.13. The molecule has 0 spiro atoms. The summed E-state index contributed by atoms with van der Waals surface area (Å²) in [5.41, 5.74) is 0. The Kier molecular flexibility index (Phi) is 1.37. The van der Waals surface area contributed by atoms with Gasteiger partial charge >= 0.3 is 0 Å². The molecule has 0 aromatic heterocycles. The minimum atomic E-state index is -0.243. The molecule has 4 bridgehead atoms. The standard InChI is InChI=1S/C10H10N2O2/c13-9-5-1-3-7(11-9)6-2-4-8(5)12-10(6)14/h1-8H,(H,11,13)(H,12,14). The van der Waals surface area contributed by atoms with Crippen LogP contribution in [-0.2, 0) is 9.59 Å². The van der Waals surface area contributed by atoms with Crippen LogP contribution in [0.5, 0.6) is 0 Å². The number of carbonyl (C=O) groups is 2. The molecule has 4 nitrogen and oxygen atoms in total. The monoisotopic (exact) mass is 190 g/mol. The van der Waals surface area contributed by atoms with Crippen LogP contribution in [0.3, 0.4) is 0 Å². The van der Waals surface area contributed by atoms with Gasteiger partial charge in [-0.3, -0.25) is 9.59 Å². The minimum absolute atomic E-state index is 0.0110. The van der Waals surface area contributed by atoms with Crippen molar-refractivity contribution in [1.82, 2.24) is 10.6 Å². The number of hydrogen-bond donors (Lipinski definition) is 2. The van der Waals surface area contributed by atoms with Crippen LogP contribution in [0.4, 0.5) is 0 Å². The van der Waals surface area contributed by atoms with Gasteiger partial charge in [0, 0.05) is 0 Å². The molecule has 2 N–H and O–H groups in total. The summed E-state index contributed by atoms with van der Waals surface area (Å²) in [6.07, 6.45) is 7.63. The largest absolute Gasteiger partial charge is 0.348 e. The highest BCUT2D eigenvalue weighted by atomic mass is 16.2. The smallest absolute Gasteiger partial charge is 0.229 e. The highest BCUT2D eigenvalue weighted by molar-refractivity contribution is 5.91. The molecule has 72 valence electrons. The number of rotatable bonds is 0. The fraction of sp³-hybridized carbons (Fsp3) is 0.400. The van der Waals surface area contributed by atoms with Gasteiger partial charge < -0.3 is 10.6 Å². The van der Waals surface area contributed by atoms with Gasteiger partial charge in [-0.25, -0.2) is 0 Å². The van der Waals surface area contributed by atoms with Gasteiger partial charge in [0.2, 0.25) is 11.8 Å². The molecule has 14 heavy (non-hydrogen) atoms. The van der Waals surface area contributed by atoms with Crippen LogP contribution < -0.4 is 10.6 Å². The fourth-order valence-corrected chi connectivity index (χ4v) is 2.26. The summed E-state index contributed by atoms with van der Waals surface area (Å²) in [6.45, 7) is 0. The second-order valence-corrected chi connectivity index (χ2v) is 3.89. The third-order valence-electron chi connectivity index (χ3n) is 3.05. The Morgan fingerprint density at radius 1 is 0.786 bits per heavy atom. The van der Waals surface area contributed by atoms with E-state index in [-0.39, 0.29) is 35.7 Å². The molecule has 0 aromatic rings. The van der Waals surface area contributed by atoms with Crippen LogP contribution >= 0.6 is 0 Å². The third kappa shape index (κ3) is 0.880. The molecule has 1 fully saturated rings. The lowest BCUT2D eigenvalue weighted by atomic mass is 9.81. The van der Waals surface area contributed by atoms with Crippen LogP contribution in [0.15, 0.2) is 24.3 Å². The second-order valence-electron chi connectivity index (χ2n) is 3.89. The van der Waals surface area contributed by atoms with Crippen molar-refractivity contribution in [3.05, 3.63) is 24.3 Å². The predicted octanol–water partition coefficient (Wildman–Crippen LogP) is -0.658.